The summed E-state index contributed by atoms with van der Waals surface area (Å²) in [5.74, 6) is 0. The van der Waals surface area contributed by atoms with Gasteiger partial charge in [-0.15, -0.1) is 0 Å². The molecular formula is C17H26N2. The van der Waals surface area contributed by atoms with Gasteiger partial charge in [-0.3, -0.25) is 4.90 Å². The van der Waals surface area contributed by atoms with Crippen LogP contribution in [-0.2, 0) is 13.0 Å². The van der Waals surface area contributed by atoms with Crippen molar-refractivity contribution >= 4 is 0 Å². The molecule has 0 radical (unpaired) electrons. The molecule has 3 rings (SSSR count). The van der Waals surface area contributed by atoms with E-state index in [9.17, 15) is 0 Å². The highest BCUT2D eigenvalue weighted by Crippen LogP contribution is 2.27. The van der Waals surface area contributed by atoms with E-state index in [0.717, 1.165) is 6.54 Å². The molecule has 0 saturated carbocycles. The van der Waals surface area contributed by atoms with Crippen LogP contribution < -0.4 is 5.32 Å². The number of nitrogens with one attached hydrogen (secondary N) is 1. The van der Waals surface area contributed by atoms with Crippen molar-refractivity contribution in [2.45, 2.75) is 58.2 Å². The van der Waals surface area contributed by atoms with Crippen LogP contribution in [-0.4, -0.2) is 24.0 Å². The average Bonchev–Trinajstić information content (AvgIpc) is 2.47. The minimum atomic E-state index is 0.599. The molecule has 1 aromatic rings. The minimum absolute atomic E-state index is 0.599. The lowest BCUT2D eigenvalue weighted by Crippen LogP contribution is -2.36. The van der Waals surface area contributed by atoms with E-state index in [-0.39, 0.29) is 0 Å². The van der Waals surface area contributed by atoms with Crippen LogP contribution in [0, 0.1) is 0 Å². The van der Waals surface area contributed by atoms with Crippen LogP contribution in [0.5, 0.6) is 0 Å². The van der Waals surface area contributed by atoms with Crippen molar-refractivity contribution in [2.24, 2.45) is 0 Å². The third-order valence-corrected chi connectivity index (χ3v) is 4.72. The molecule has 104 valence electrons. The Kier molecular flexibility index (Phi) is 3.90. The predicted octanol–water partition coefficient (Wildman–Crippen LogP) is 3.27. The molecule has 2 nitrogen and oxygen atoms in total. The van der Waals surface area contributed by atoms with Crippen LogP contribution in [0.4, 0.5) is 0 Å². The lowest BCUT2D eigenvalue weighted by atomic mass is 9.91. The van der Waals surface area contributed by atoms with Crippen molar-refractivity contribution in [1.82, 2.24) is 10.2 Å². The largest absolute Gasteiger partial charge is 0.310 e. The topological polar surface area (TPSA) is 15.3 Å². The quantitative estimate of drug-likeness (QED) is 0.876. The summed E-state index contributed by atoms with van der Waals surface area (Å²) < 4.78 is 0. The van der Waals surface area contributed by atoms with Gasteiger partial charge in [0, 0.05) is 25.2 Å². The van der Waals surface area contributed by atoms with Crippen LogP contribution in [0.3, 0.4) is 0 Å². The number of nitrogens with zero attached hydrogens (tertiary/aromatic N) is 1. The maximum Gasteiger partial charge on any atom is 0.0320 e. The molecule has 0 spiro atoms. The molecule has 2 heterocycles. The zero-order valence-corrected chi connectivity index (χ0v) is 12.3. The third kappa shape index (κ3) is 2.85. The minimum Gasteiger partial charge on any atom is -0.310 e. The van der Waals surface area contributed by atoms with Gasteiger partial charge in [0.2, 0.25) is 0 Å². The maximum atomic E-state index is 3.66. The number of benzene rings is 1. The maximum absolute atomic E-state index is 3.66. The van der Waals surface area contributed by atoms with E-state index in [2.05, 4.69) is 42.3 Å². The van der Waals surface area contributed by atoms with Crippen molar-refractivity contribution in [2.75, 3.05) is 13.1 Å². The van der Waals surface area contributed by atoms with Gasteiger partial charge in [0.1, 0.15) is 0 Å². The summed E-state index contributed by atoms with van der Waals surface area (Å²) in [5, 5.41) is 3.66. The van der Waals surface area contributed by atoms with Crippen molar-refractivity contribution in [3.63, 3.8) is 0 Å². The van der Waals surface area contributed by atoms with Gasteiger partial charge in [0.25, 0.3) is 0 Å². The molecule has 1 N–H and O–H groups in total. The van der Waals surface area contributed by atoms with Crippen molar-refractivity contribution in [1.29, 1.82) is 0 Å². The van der Waals surface area contributed by atoms with E-state index in [1.807, 2.05) is 0 Å². The van der Waals surface area contributed by atoms with Crippen LogP contribution in [0.1, 0.15) is 55.8 Å². The van der Waals surface area contributed by atoms with Gasteiger partial charge in [0.05, 0.1) is 0 Å². The second kappa shape index (κ2) is 5.64. The molecule has 0 aromatic heterocycles. The Morgan fingerprint density at radius 3 is 2.84 bits per heavy atom. The summed E-state index contributed by atoms with van der Waals surface area (Å²) in [5.41, 5.74) is 4.64. The summed E-state index contributed by atoms with van der Waals surface area (Å²) >= 11 is 0. The molecule has 1 aromatic carbocycles. The Hall–Kier alpha value is -0.860. The SMILES string of the molecule is CC(C)N1CCc2cc(C3CCCCN3)ccc2C1. The Labute approximate surface area is 117 Å². The zero-order valence-electron chi connectivity index (χ0n) is 12.3. The molecule has 0 bridgehead atoms. The molecule has 2 heteroatoms. The van der Waals surface area contributed by atoms with Crippen molar-refractivity contribution in [3.8, 4) is 0 Å². The number of hydrogen-bond donors (Lipinski definition) is 1. The fraction of sp³-hybridized carbons (Fsp3) is 0.647. The predicted molar refractivity (Wildman–Crippen MR) is 80.3 cm³/mol. The lowest BCUT2D eigenvalue weighted by molar-refractivity contribution is 0.203. The van der Waals surface area contributed by atoms with Crippen molar-refractivity contribution in [3.05, 3.63) is 34.9 Å². The number of fused-ring (bicyclic) bond motifs is 1. The molecule has 0 amide bonds. The molecular weight excluding hydrogens is 232 g/mol. The average molecular weight is 258 g/mol. The fourth-order valence-electron chi connectivity index (χ4n) is 3.39. The van der Waals surface area contributed by atoms with E-state index < -0.39 is 0 Å². The summed E-state index contributed by atoms with van der Waals surface area (Å²) in [7, 11) is 0. The van der Waals surface area contributed by atoms with Crippen molar-refractivity contribution < 1.29 is 0 Å². The zero-order chi connectivity index (χ0) is 13.2. The van der Waals surface area contributed by atoms with Gasteiger partial charge in [-0.25, -0.2) is 0 Å². The van der Waals surface area contributed by atoms with Gasteiger partial charge in [-0.05, 0) is 56.3 Å². The molecule has 2 aliphatic rings. The van der Waals surface area contributed by atoms with Gasteiger partial charge in [0.15, 0.2) is 0 Å². The molecule has 1 saturated heterocycles. The van der Waals surface area contributed by atoms with Gasteiger partial charge in [-0.2, -0.15) is 0 Å². The molecule has 1 atom stereocenters. The smallest absolute Gasteiger partial charge is 0.0320 e. The summed E-state index contributed by atoms with van der Waals surface area (Å²) in [6.07, 6.45) is 5.23. The number of hydrogen-bond acceptors (Lipinski definition) is 2. The van der Waals surface area contributed by atoms with Gasteiger partial charge >= 0.3 is 0 Å². The number of piperidine rings is 1. The highest BCUT2D eigenvalue weighted by Gasteiger charge is 2.20. The first-order chi connectivity index (χ1) is 9.24. The highest BCUT2D eigenvalue weighted by molar-refractivity contribution is 5.35. The lowest BCUT2D eigenvalue weighted by Gasteiger charge is -2.33. The van der Waals surface area contributed by atoms with Crippen LogP contribution in [0.2, 0.25) is 0 Å². The van der Waals surface area contributed by atoms with Crippen LogP contribution in [0.25, 0.3) is 0 Å². The van der Waals surface area contributed by atoms with E-state index in [0.29, 0.717) is 12.1 Å². The molecule has 2 aliphatic heterocycles. The van der Waals surface area contributed by atoms with E-state index >= 15 is 0 Å². The Morgan fingerprint density at radius 2 is 2.11 bits per heavy atom. The first-order valence-corrected chi connectivity index (χ1v) is 7.83. The molecule has 19 heavy (non-hydrogen) atoms. The summed E-state index contributed by atoms with van der Waals surface area (Å²) in [6, 6.07) is 8.45. The second-order valence-corrected chi connectivity index (χ2v) is 6.34. The van der Waals surface area contributed by atoms with E-state index in [1.165, 1.54) is 44.3 Å². The van der Waals surface area contributed by atoms with Crippen LogP contribution >= 0.6 is 0 Å². The monoisotopic (exact) mass is 258 g/mol. The molecule has 1 unspecified atom stereocenters. The first-order valence-electron chi connectivity index (χ1n) is 7.83. The Bertz CT molecular complexity index is 433. The van der Waals surface area contributed by atoms with Gasteiger partial charge < -0.3 is 5.32 Å². The summed E-state index contributed by atoms with van der Waals surface area (Å²) in [6.45, 7) is 8.12. The fourth-order valence-corrected chi connectivity index (χ4v) is 3.39. The second-order valence-electron chi connectivity index (χ2n) is 6.34. The standard InChI is InChI=1S/C17H26N2/c1-13(2)19-10-8-14-11-15(6-7-16(14)12-19)17-5-3-4-9-18-17/h6-7,11,13,17-18H,3-5,8-10,12H2,1-2H3. The van der Waals surface area contributed by atoms with E-state index in [1.54, 1.807) is 11.1 Å². The Morgan fingerprint density at radius 1 is 1.21 bits per heavy atom. The molecule has 0 aliphatic carbocycles. The normalized spacial score (nSPS) is 24.5. The number of rotatable bonds is 2. The third-order valence-electron chi connectivity index (χ3n) is 4.72. The highest BCUT2D eigenvalue weighted by atomic mass is 15.1. The molecule has 1 fully saturated rings. The van der Waals surface area contributed by atoms with E-state index in [4.69, 9.17) is 0 Å². The first kappa shape index (κ1) is 13.1. The van der Waals surface area contributed by atoms with Gasteiger partial charge in [-0.1, -0.05) is 24.6 Å². The Balaban J connectivity index is 1.77. The van der Waals surface area contributed by atoms with Crippen LogP contribution in [0.15, 0.2) is 18.2 Å². The summed E-state index contributed by atoms with van der Waals surface area (Å²) in [4.78, 5) is 2.57.